The molecule has 0 bridgehead atoms. The van der Waals surface area contributed by atoms with Crippen molar-refractivity contribution in [2.75, 3.05) is 0 Å². The first-order valence-corrected chi connectivity index (χ1v) is 10.3. The zero-order valence-electron chi connectivity index (χ0n) is 15.3. The summed E-state index contributed by atoms with van der Waals surface area (Å²) in [5.74, 6) is 0.0498. The van der Waals surface area contributed by atoms with Gasteiger partial charge in [-0.2, -0.15) is 0 Å². The summed E-state index contributed by atoms with van der Waals surface area (Å²) in [5, 5.41) is 16.8. The van der Waals surface area contributed by atoms with Crippen LogP contribution in [0.4, 0.5) is 0 Å². The van der Waals surface area contributed by atoms with E-state index in [0.29, 0.717) is 18.5 Å². The zero-order valence-corrected chi connectivity index (χ0v) is 16.1. The van der Waals surface area contributed by atoms with Gasteiger partial charge in [0.15, 0.2) is 0 Å². The summed E-state index contributed by atoms with van der Waals surface area (Å²) in [5.41, 5.74) is 2.38. The van der Waals surface area contributed by atoms with E-state index in [1.807, 2.05) is 35.8 Å². The minimum Gasteiger partial charge on any atom is -0.393 e. The van der Waals surface area contributed by atoms with Crippen LogP contribution in [0.25, 0.3) is 10.9 Å². The molecule has 6 heteroatoms. The highest BCUT2D eigenvalue weighted by Gasteiger charge is 2.36. The number of hydrogen-bond donors (Lipinski definition) is 2. The molecule has 1 saturated carbocycles. The van der Waals surface area contributed by atoms with Gasteiger partial charge >= 0.3 is 0 Å². The highest BCUT2D eigenvalue weighted by atomic mass is 32.1. The molecule has 5 nitrogen and oxygen atoms in total. The Morgan fingerprint density at radius 3 is 2.96 bits per heavy atom. The molecule has 3 aromatic rings. The lowest BCUT2D eigenvalue weighted by molar-refractivity contribution is 0.0234. The number of para-hydroxylation sites is 1. The predicted molar refractivity (Wildman–Crippen MR) is 107 cm³/mol. The van der Waals surface area contributed by atoms with E-state index in [2.05, 4.69) is 28.3 Å². The minimum absolute atomic E-state index is 0.159. The number of nitrogens with zero attached hydrogens (tertiary/aromatic N) is 2. The SMILES string of the molecule is CCCc1nc(C(=O)NC(c2cnc3ccccc3c2)C2CC(O)C2)cs1. The third kappa shape index (κ3) is 3.87. The molecule has 4 rings (SSSR count). The lowest BCUT2D eigenvalue weighted by Gasteiger charge is -2.38. The molecule has 1 atom stereocenters. The second-order valence-electron chi connectivity index (χ2n) is 7.17. The lowest BCUT2D eigenvalue weighted by Crippen LogP contribution is -2.41. The number of thiazole rings is 1. The summed E-state index contributed by atoms with van der Waals surface area (Å²) in [6.07, 6.45) is 4.84. The van der Waals surface area contributed by atoms with Gasteiger partial charge < -0.3 is 10.4 Å². The number of aromatic nitrogens is 2. The average Bonchev–Trinajstić information content (AvgIpc) is 3.12. The topological polar surface area (TPSA) is 75.1 Å². The molecular formula is C21H23N3O2S. The normalized spacial score (nSPS) is 20.2. The predicted octanol–water partition coefficient (Wildman–Crippen LogP) is 3.89. The fraction of sp³-hybridized carbons (Fsp3) is 0.381. The Bertz CT molecular complexity index is 949. The molecule has 0 saturated heterocycles. The van der Waals surface area contributed by atoms with Crippen molar-refractivity contribution in [1.29, 1.82) is 0 Å². The Morgan fingerprint density at radius 1 is 1.37 bits per heavy atom. The number of benzene rings is 1. The van der Waals surface area contributed by atoms with Crippen LogP contribution in [0.3, 0.4) is 0 Å². The Kier molecular flexibility index (Phi) is 5.18. The van der Waals surface area contributed by atoms with Crippen molar-refractivity contribution in [2.45, 2.75) is 44.8 Å². The molecule has 1 fully saturated rings. The fourth-order valence-electron chi connectivity index (χ4n) is 3.59. The summed E-state index contributed by atoms with van der Waals surface area (Å²) in [4.78, 5) is 21.8. The number of aliphatic hydroxyl groups excluding tert-OH is 1. The van der Waals surface area contributed by atoms with Gasteiger partial charge in [-0.25, -0.2) is 4.98 Å². The number of carbonyl (C=O) groups is 1. The molecule has 0 radical (unpaired) electrons. The van der Waals surface area contributed by atoms with E-state index in [0.717, 1.165) is 34.3 Å². The monoisotopic (exact) mass is 381 g/mol. The van der Waals surface area contributed by atoms with Gasteiger partial charge in [-0.15, -0.1) is 11.3 Å². The van der Waals surface area contributed by atoms with Gasteiger partial charge in [-0.3, -0.25) is 9.78 Å². The Morgan fingerprint density at radius 2 is 2.19 bits per heavy atom. The molecule has 140 valence electrons. The largest absolute Gasteiger partial charge is 0.393 e. The number of fused-ring (bicyclic) bond motifs is 1. The highest BCUT2D eigenvalue weighted by Crippen LogP contribution is 2.38. The van der Waals surface area contributed by atoms with Crippen LogP contribution in [0.2, 0.25) is 0 Å². The van der Waals surface area contributed by atoms with Crippen LogP contribution in [0.1, 0.15) is 53.3 Å². The summed E-state index contributed by atoms with van der Waals surface area (Å²) in [7, 11) is 0. The summed E-state index contributed by atoms with van der Waals surface area (Å²) in [6, 6.07) is 9.87. The van der Waals surface area contributed by atoms with E-state index < -0.39 is 0 Å². The van der Waals surface area contributed by atoms with Gasteiger partial charge in [0.05, 0.1) is 22.7 Å². The average molecular weight is 382 g/mol. The molecule has 2 aromatic heterocycles. The van der Waals surface area contributed by atoms with Crippen molar-refractivity contribution in [1.82, 2.24) is 15.3 Å². The van der Waals surface area contributed by atoms with Gasteiger partial charge in [0.25, 0.3) is 5.91 Å². The molecule has 1 aliphatic rings. The molecule has 1 aromatic carbocycles. The van der Waals surface area contributed by atoms with E-state index in [4.69, 9.17) is 0 Å². The van der Waals surface area contributed by atoms with E-state index in [1.54, 1.807) is 0 Å². The summed E-state index contributed by atoms with van der Waals surface area (Å²) >= 11 is 1.53. The van der Waals surface area contributed by atoms with Crippen molar-refractivity contribution in [3.8, 4) is 0 Å². The fourth-order valence-corrected chi connectivity index (χ4v) is 4.47. The van der Waals surface area contributed by atoms with Crippen LogP contribution in [-0.4, -0.2) is 27.1 Å². The van der Waals surface area contributed by atoms with Gasteiger partial charge in [0, 0.05) is 17.0 Å². The van der Waals surface area contributed by atoms with Crippen LogP contribution in [-0.2, 0) is 6.42 Å². The Balaban J connectivity index is 1.59. The zero-order chi connectivity index (χ0) is 18.8. The standard InChI is InChI=1S/C21H23N3O2S/c1-2-5-19-23-18(12-27-19)21(26)24-20(14-9-16(25)10-14)15-8-13-6-3-4-7-17(13)22-11-15/h3-4,6-8,11-12,14,16,20,25H,2,5,9-10H2,1H3,(H,24,26). The smallest absolute Gasteiger partial charge is 0.271 e. The van der Waals surface area contributed by atoms with Crippen molar-refractivity contribution in [2.24, 2.45) is 5.92 Å². The summed E-state index contributed by atoms with van der Waals surface area (Å²) < 4.78 is 0. The Hall–Kier alpha value is -2.31. The summed E-state index contributed by atoms with van der Waals surface area (Å²) in [6.45, 7) is 2.10. The third-order valence-corrected chi connectivity index (χ3v) is 6.04. The first-order valence-electron chi connectivity index (χ1n) is 9.42. The number of aryl methyl sites for hydroxylation is 1. The van der Waals surface area contributed by atoms with E-state index >= 15 is 0 Å². The van der Waals surface area contributed by atoms with Gasteiger partial charge in [-0.05, 0) is 49.3 Å². The number of aliphatic hydroxyl groups is 1. The van der Waals surface area contributed by atoms with Crippen molar-refractivity contribution < 1.29 is 9.90 Å². The first kappa shape index (κ1) is 18.1. The van der Waals surface area contributed by atoms with Crippen molar-refractivity contribution in [3.63, 3.8) is 0 Å². The number of amides is 1. The molecule has 0 aliphatic heterocycles. The van der Waals surface area contributed by atoms with Crippen molar-refractivity contribution >= 4 is 28.1 Å². The lowest BCUT2D eigenvalue weighted by atomic mass is 9.75. The molecule has 2 heterocycles. The Labute approximate surface area is 162 Å². The van der Waals surface area contributed by atoms with Gasteiger partial charge in [-0.1, -0.05) is 25.1 Å². The van der Waals surface area contributed by atoms with Gasteiger partial charge in [0.2, 0.25) is 0 Å². The second-order valence-corrected chi connectivity index (χ2v) is 8.12. The number of pyridine rings is 1. The first-order chi connectivity index (χ1) is 13.1. The molecular weight excluding hydrogens is 358 g/mol. The number of hydrogen-bond acceptors (Lipinski definition) is 5. The van der Waals surface area contributed by atoms with Gasteiger partial charge in [0.1, 0.15) is 5.69 Å². The molecule has 2 N–H and O–H groups in total. The van der Waals surface area contributed by atoms with Crippen LogP contribution < -0.4 is 5.32 Å². The van der Waals surface area contributed by atoms with Crippen molar-refractivity contribution in [3.05, 3.63) is 58.2 Å². The van der Waals surface area contributed by atoms with Crippen LogP contribution in [0, 0.1) is 5.92 Å². The van der Waals surface area contributed by atoms with E-state index in [1.165, 1.54) is 11.3 Å². The molecule has 1 amide bonds. The molecule has 0 spiro atoms. The molecule has 1 aliphatic carbocycles. The molecule has 27 heavy (non-hydrogen) atoms. The number of nitrogens with one attached hydrogen (secondary N) is 1. The quantitative estimate of drug-likeness (QED) is 0.679. The maximum Gasteiger partial charge on any atom is 0.271 e. The number of rotatable bonds is 6. The maximum absolute atomic E-state index is 12.8. The minimum atomic E-state index is -0.279. The second kappa shape index (κ2) is 7.74. The highest BCUT2D eigenvalue weighted by molar-refractivity contribution is 7.09. The number of carbonyl (C=O) groups excluding carboxylic acids is 1. The van der Waals surface area contributed by atoms with E-state index in [9.17, 15) is 9.90 Å². The van der Waals surface area contributed by atoms with Crippen LogP contribution in [0.15, 0.2) is 41.9 Å². The third-order valence-electron chi connectivity index (χ3n) is 5.13. The van der Waals surface area contributed by atoms with Crippen LogP contribution >= 0.6 is 11.3 Å². The van der Waals surface area contributed by atoms with E-state index in [-0.39, 0.29) is 24.0 Å². The van der Waals surface area contributed by atoms with Crippen LogP contribution in [0.5, 0.6) is 0 Å². The maximum atomic E-state index is 12.8. The molecule has 1 unspecified atom stereocenters.